The van der Waals surface area contributed by atoms with Crippen molar-refractivity contribution < 1.29 is 22.8 Å². The topological polar surface area (TPSA) is 61.8 Å². The van der Waals surface area contributed by atoms with E-state index in [9.17, 15) is 22.8 Å². The molecule has 2 amide bonds. The van der Waals surface area contributed by atoms with Crippen LogP contribution in [0.2, 0.25) is 0 Å². The van der Waals surface area contributed by atoms with Crippen molar-refractivity contribution in [2.75, 3.05) is 4.90 Å². The summed E-state index contributed by atoms with van der Waals surface area (Å²) in [5, 5.41) is 3.82. The van der Waals surface area contributed by atoms with Crippen molar-refractivity contribution in [1.82, 2.24) is 5.43 Å². The second-order valence-electron chi connectivity index (χ2n) is 4.90. The maximum Gasteiger partial charge on any atom is 0.416 e. The number of nitrogens with zero attached hydrogens (tertiary/aromatic N) is 2. The van der Waals surface area contributed by atoms with Crippen LogP contribution in [-0.2, 0) is 15.8 Å². The lowest BCUT2D eigenvalue weighted by Gasteiger charge is -2.17. The van der Waals surface area contributed by atoms with Crippen molar-refractivity contribution in [3.8, 4) is 0 Å². The van der Waals surface area contributed by atoms with Gasteiger partial charge in [0.05, 0.1) is 11.3 Å². The monoisotopic (exact) mass is 297 g/mol. The molecule has 0 bridgehead atoms. The lowest BCUT2D eigenvalue weighted by atomic mass is 10.0. The number of carbonyl (C=O) groups is 2. The number of carbonyl (C=O) groups excluding carboxylic acids is 2. The van der Waals surface area contributed by atoms with E-state index in [-0.39, 0.29) is 5.69 Å². The SMILES string of the molecule is CC1=NN[C@H]2C(=O)N(c3cccc(C(F)(F)F)c3)C(=O)[C@H]12. The van der Waals surface area contributed by atoms with Crippen LogP contribution in [0.1, 0.15) is 12.5 Å². The van der Waals surface area contributed by atoms with E-state index >= 15 is 0 Å². The summed E-state index contributed by atoms with van der Waals surface area (Å²) in [5.41, 5.74) is 2.01. The molecule has 1 N–H and O–H groups in total. The van der Waals surface area contributed by atoms with E-state index in [2.05, 4.69) is 10.5 Å². The molecular formula is C13H10F3N3O2. The van der Waals surface area contributed by atoms with Gasteiger partial charge in [-0.25, -0.2) is 4.90 Å². The van der Waals surface area contributed by atoms with Gasteiger partial charge in [-0.2, -0.15) is 18.3 Å². The van der Waals surface area contributed by atoms with Crippen molar-refractivity contribution in [2.24, 2.45) is 11.0 Å². The summed E-state index contributed by atoms with van der Waals surface area (Å²) in [4.78, 5) is 25.3. The molecule has 0 spiro atoms. The van der Waals surface area contributed by atoms with Crippen LogP contribution in [0.15, 0.2) is 29.4 Å². The zero-order chi connectivity index (χ0) is 15.4. The van der Waals surface area contributed by atoms with E-state index in [1.165, 1.54) is 12.1 Å². The van der Waals surface area contributed by atoms with Crippen molar-refractivity contribution in [1.29, 1.82) is 0 Å². The average molecular weight is 297 g/mol. The molecule has 5 nitrogen and oxygen atoms in total. The second-order valence-corrected chi connectivity index (χ2v) is 4.90. The number of anilines is 1. The number of halogens is 3. The van der Waals surface area contributed by atoms with Crippen LogP contribution >= 0.6 is 0 Å². The Morgan fingerprint density at radius 2 is 1.95 bits per heavy atom. The Kier molecular flexibility index (Phi) is 2.79. The van der Waals surface area contributed by atoms with Gasteiger partial charge in [0.15, 0.2) is 0 Å². The fourth-order valence-corrected chi connectivity index (χ4v) is 2.54. The summed E-state index contributed by atoms with van der Waals surface area (Å²) >= 11 is 0. The minimum Gasteiger partial charge on any atom is -0.296 e. The number of hydrogen-bond donors (Lipinski definition) is 1. The maximum atomic E-state index is 12.7. The van der Waals surface area contributed by atoms with Crippen molar-refractivity contribution in [3.63, 3.8) is 0 Å². The van der Waals surface area contributed by atoms with Crippen LogP contribution < -0.4 is 10.3 Å². The Hall–Kier alpha value is -2.38. The molecule has 8 heteroatoms. The van der Waals surface area contributed by atoms with Gasteiger partial charge in [0, 0.05) is 5.71 Å². The van der Waals surface area contributed by atoms with Crippen LogP contribution in [0, 0.1) is 5.92 Å². The number of nitrogens with one attached hydrogen (secondary N) is 1. The molecule has 110 valence electrons. The molecule has 0 radical (unpaired) electrons. The number of hydrazone groups is 1. The molecular weight excluding hydrogens is 287 g/mol. The predicted molar refractivity (Wildman–Crippen MR) is 67.5 cm³/mol. The molecule has 0 unspecified atom stereocenters. The molecule has 21 heavy (non-hydrogen) atoms. The third-order valence-corrected chi connectivity index (χ3v) is 3.57. The molecule has 1 aromatic rings. The first kappa shape index (κ1) is 13.6. The summed E-state index contributed by atoms with van der Waals surface area (Å²) < 4.78 is 38.2. The Morgan fingerprint density at radius 1 is 1.24 bits per heavy atom. The third kappa shape index (κ3) is 1.98. The largest absolute Gasteiger partial charge is 0.416 e. The maximum absolute atomic E-state index is 12.7. The summed E-state index contributed by atoms with van der Waals surface area (Å²) in [5.74, 6) is -1.90. The van der Waals surface area contributed by atoms with E-state index in [4.69, 9.17) is 0 Å². The molecule has 1 saturated heterocycles. The molecule has 0 aromatic heterocycles. The number of alkyl halides is 3. The van der Waals surface area contributed by atoms with E-state index in [1.807, 2.05) is 0 Å². The van der Waals surface area contributed by atoms with Crippen molar-refractivity contribution >= 4 is 23.2 Å². The van der Waals surface area contributed by atoms with Crippen LogP contribution in [0.4, 0.5) is 18.9 Å². The van der Waals surface area contributed by atoms with Gasteiger partial charge < -0.3 is 0 Å². The lowest BCUT2D eigenvalue weighted by molar-refractivity contribution is -0.137. The van der Waals surface area contributed by atoms with Gasteiger partial charge in [-0.15, -0.1) is 0 Å². The van der Waals surface area contributed by atoms with Gasteiger partial charge in [-0.3, -0.25) is 15.0 Å². The van der Waals surface area contributed by atoms with Gasteiger partial charge in [0.25, 0.3) is 5.91 Å². The van der Waals surface area contributed by atoms with Crippen LogP contribution in [-0.4, -0.2) is 23.6 Å². The quantitative estimate of drug-likeness (QED) is 0.800. The highest BCUT2D eigenvalue weighted by atomic mass is 19.4. The highest BCUT2D eigenvalue weighted by Crippen LogP contribution is 2.35. The lowest BCUT2D eigenvalue weighted by Crippen LogP contribution is -2.36. The number of imide groups is 1. The van der Waals surface area contributed by atoms with Crippen LogP contribution in [0.5, 0.6) is 0 Å². The highest BCUT2D eigenvalue weighted by molar-refractivity contribution is 6.30. The van der Waals surface area contributed by atoms with Crippen molar-refractivity contribution in [2.45, 2.75) is 19.1 Å². The summed E-state index contributed by atoms with van der Waals surface area (Å²) in [7, 11) is 0. The number of benzene rings is 1. The van der Waals surface area contributed by atoms with Crippen molar-refractivity contribution in [3.05, 3.63) is 29.8 Å². The molecule has 2 atom stereocenters. The average Bonchev–Trinajstić information content (AvgIpc) is 2.90. The molecule has 2 heterocycles. The summed E-state index contributed by atoms with van der Waals surface area (Å²) in [6, 6.07) is 3.33. The molecule has 1 fully saturated rings. The standard InChI is InChI=1S/C13H10F3N3O2/c1-6-9-10(18-17-6)12(21)19(11(9)20)8-4-2-3-7(5-8)13(14,15)16/h2-5,9-10,18H,1H3/t9-,10-/m1/s1. The Labute approximate surface area is 117 Å². The number of hydrogen-bond acceptors (Lipinski definition) is 4. The van der Waals surface area contributed by atoms with E-state index < -0.39 is 35.5 Å². The first-order chi connectivity index (χ1) is 9.80. The summed E-state index contributed by atoms with van der Waals surface area (Å²) in [6.07, 6.45) is -4.53. The minimum atomic E-state index is -4.53. The Balaban J connectivity index is 2.00. The number of fused-ring (bicyclic) bond motifs is 1. The van der Waals surface area contributed by atoms with E-state index in [1.54, 1.807) is 6.92 Å². The number of amides is 2. The normalized spacial score (nSPS) is 25.0. The van der Waals surface area contributed by atoms with Gasteiger partial charge in [-0.1, -0.05) is 6.07 Å². The molecule has 2 aliphatic rings. The fraction of sp³-hybridized carbons (Fsp3) is 0.308. The third-order valence-electron chi connectivity index (χ3n) is 3.57. The smallest absolute Gasteiger partial charge is 0.296 e. The molecule has 3 rings (SSSR count). The van der Waals surface area contributed by atoms with Crippen LogP contribution in [0.3, 0.4) is 0 Å². The first-order valence-corrected chi connectivity index (χ1v) is 6.15. The fourth-order valence-electron chi connectivity index (χ4n) is 2.54. The molecule has 0 aliphatic carbocycles. The van der Waals surface area contributed by atoms with Gasteiger partial charge in [-0.05, 0) is 25.1 Å². The predicted octanol–water partition coefficient (Wildman–Crippen LogP) is 1.54. The molecule has 2 aliphatic heterocycles. The minimum absolute atomic E-state index is 0.0798. The Morgan fingerprint density at radius 3 is 2.57 bits per heavy atom. The molecule has 1 aromatic carbocycles. The molecule has 0 saturated carbocycles. The highest BCUT2D eigenvalue weighted by Gasteiger charge is 2.52. The summed E-state index contributed by atoms with van der Waals surface area (Å²) in [6.45, 7) is 1.60. The second kappa shape index (κ2) is 4.31. The van der Waals surface area contributed by atoms with Gasteiger partial charge >= 0.3 is 6.18 Å². The zero-order valence-corrected chi connectivity index (χ0v) is 10.8. The zero-order valence-electron chi connectivity index (χ0n) is 10.8. The van der Waals surface area contributed by atoms with Gasteiger partial charge in [0.2, 0.25) is 5.91 Å². The van der Waals surface area contributed by atoms with E-state index in [0.717, 1.165) is 17.0 Å². The van der Waals surface area contributed by atoms with Crippen LogP contribution in [0.25, 0.3) is 0 Å². The first-order valence-electron chi connectivity index (χ1n) is 6.15. The number of rotatable bonds is 1. The van der Waals surface area contributed by atoms with E-state index in [0.29, 0.717) is 5.71 Å². The Bertz CT molecular complexity index is 669. The van der Waals surface area contributed by atoms with Gasteiger partial charge in [0.1, 0.15) is 12.0 Å².